The number of para-hydroxylation sites is 1. The van der Waals surface area contributed by atoms with Crippen molar-refractivity contribution in [3.05, 3.63) is 47.7 Å². The number of hydrogen-bond acceptors (Lipinski definition) is 3. The fourth-order valence-corrected chi connectivity index (χ4v) is 5.00. The van der Waals surface area contributed by atoms with Crippen LogP contribution in [0.5, 0.6) is 0 Å². The molecule has 2 amide bonds. The van der Waals surface area contributed by atoms with Crippen LogP contribution in [0.2, 0.25) is 0 Å². The predicted octanol–water partition coefficient (Wildman–Crippen LogP) is 3.02. The maximum Gasteiger partial charge on any atom is 0.254 e. The van der Waals surface area contributed by atoms with Crippen LogP contribution in [0, 0.1) is 30.6 Å². The Kier molecular flexibility index (Phi) is 3.23. The summed E-state index contributed by atoms with van der Waals surface area (Å²) in [6.45, 7) is 2.03. The molecule has 1 saturated carbocycles. The summed E-state index contributed by atoms with van der Waals surface area (Å²) >= 11 is 0. The van der Waals surface area contributed by atoms with Crippen molar-refractivity contribution in [1.82, 2.24) is 9.58 Å². The molecule has 4 atom stereocenters. The van der Waals surface area contributed by atoms with Crippen LogP contribution >= 0.6 is 0 Å². The van der Waals surface area contributed by atoms with Gasteiger partial charge in [-0.05, 0) is 37.7 Å². The Hall–Kier alpha value is -2.69. The second-order valence-electron chi connectivity index (χ2n) is 7.65. The Morgan fingerprint density at radius 3 is 2.27 bits per heavy atom. The molecule has 2 aromatic rings. The first-order valence-electron chi connectivity index (χ1n) is 9.22. The van der Waals surface area contributed by atoms with Gasteiger partial charge in [0.2, 0.25) is 0 Å². The van der Waals surface area contributed by atoms with E-state index in [9.17, 15) is 9.59 Å². The molecule has 0 N–H and O–H groups in total. The summed E-state index contributed by atoms with van der Waals surface area (Å²) in [7, 11) is 2.01. The van der Waals surface area contributed by atoms with E-state index in [2.05, 4.69) is 27.9 Å². The topological polar surface area (TPSA) is 54.7 Å². The van der Waals surface area contributed by atoms with Crippen molar-refractivity contribution >= 4 is 28.9 Å². The third-order valence-corrected chi connectivity index (χ3v) is 6.49. The van der Waals surface area contributed by atoms with E-state index in [1.165, 1.54) is 0 Å². The van der Waals surface area contributed by atoms with Crippen molar-refractivity contribution in [2.45, 2.75) is 19.8 Å². The number of hydrogen-bond donors (Lipinski definition) is 0. The number of fused-ring (bicyclic) bond motifs is 2. The Labute approximate surface area is 152 Å². The molecule has 0 radical (unpaired) electrons. The van der Waals surface area contributed by atoms with Gasteiger partial charge in [-0.3, -0.25) is 9.59 Å². The zero-order valence-electron chi connectivity index (χ0n) is 14.9. The number of allylic oxidation sites excluding steroid dienone is 2. The van der Waals surface area contributed by atoms with E-state index in [0.29, 0.717) is 0 Å². The van der Waals surface area contributed by atoms with Gasteiger partial charge in [-0.1, -0.05) is 30.4 Å². The number of imide groups is 1. The maximum absolute atomic E-state index is 12.9. The number of carbonyl (C=O) groups excluding carboxylic acids is 2. The van der Waals surface area contributed by atoms with E-state index in [1.54, 1.807) is 6.21 Å². The first kappa shape index (κ1) is 15.6. The highest BCUT2D eigenvalue weighted by atomic mass is 16.2. The summed E-state index contributed by atoms with van der Waals surface area (Å²) in [5.41, 5.74) is 3.13. The number of aromatic nitrogens is 1. The number of benzene rings is 1. The standard InChI is InChI=1S/C21H21N3O2/c1-12-16(15-5-3-4-6-17(15)23(12)2)11-22-24-20(25)18-13-7-8-14(10-9-13)19(18)21(24)26/h3-8,11,13-14,18-19H,9-10H2,1-2H3/b22-11-/t13-,14-,18-,19-/m0/s1. The zero-order valence-corrected chi connectivity index (χ0v) is 14.9. The summed E-state index contributed by atoms with van der Waals surface area (Å²) in [6.07, 6.45) is 7.94. The van der Waals surface area contributed by atoms with Crippen molar-refractivity contribution < 1.29 is 9.59 Å². The van der Waals surface area contributed by atoms with Gasteiger partial charge in [-0.15, -0.1) is 0 Å². The van der Waals surface area contributed by atoms with Crippen LogP contribution < -0.4 is 0 Å². The Morgan fingerprint density at radius 1 is 1.04 bits per heavy atom. The number of nitrogens with zero attached hydrogens (tertiary/aromatic N) is 3. The van der Waals surface area contributed by atoms with Gasteiger partial charge in [0.15, 0.2) is 0 Å². The lowest BCUT2D eigenvalue weighted by Crippen LogP contribution is -2.38. The van der Waals surface area contributed by atoms with Crippen LogP contribution in [0.1, 0.15) is 24.1 Å². The van der Waals surface area contributed by atoms with Gasteiger partial charge in [-0.25, -0.2) is 0 Å². The highest BCUT2D eigenvalue weighted by molar-refractivity contribution is 6.07. The second kappa shape index (κ2) is 5.40. The molecule has 0 unspecified atom stereocenters. The number of rotatable bonds is 2. The van der Waals surface area contributed by atoms with Crippen molar-refractivity contribution in [2.75, 3.05) is 0 Å². The van der Waals surface area contributed by atoms with Crippen LogP contribution in [0.25, 0.3) is 10.9 Å². The summed E-state index contributed by atoms with van der Waals surface area (Å²) in [5.74, 6) is -0.294. The average molecular weight is 347 g/mol. The van der Waals surface area contributed by atoms with Gasteiger partial charge >= 0.3 is 0 Å². The first-order valence-corrected chi connectivity index (χ1v) is 9.22. The van der Waals surface area contributed by atoms with E-state index in [1.807, 2.05) is 32.2 Å². The number of hydrazone groups is 1. The van der Waals surface area contributed by atoms with E-state index >= 15 is 0 Å². The molecule has 3 aliphatic carbocycles. The Morgan fingerprint density at radius 2 is 1.65 bits per heavy atom. The maximum atomic E-state index is 12.9. The molecule has 5 heteroatoms. The van der Waals surface area contributed by atoms with Gasteiger partial charge in [-0.2, -0.15) is 10.1 Å². The largest absolute Gasteiger partial charge is 0.347 e. The summed E-state index contributed by atoms with van der Waals surface area (Å²) in [5, 5.41) is 6.58. The summed E-state index contributed by atoms with van der Waals surface area (Å²) in [6, 6.07) is 8.10. The average Bonchev–Trinajstić information content (AvgIpc) is 3.08. The lowest BCUT2D eigenvalue weighted by Gasteiger charge is -2.37. The number of carbonyl (C=O) groups is 2. The molecule has 2 fully saturated rings. The highest BCUT2D eigenvalue weighted by Gasteiger charge is 2.56. The molecule has 0 spiro atoms. The molecule has 1 aromatic heterocycles. The Balaban J connectivity index is 1.52. The quantitative estimate of drug-likeness (QED) is 0.476. The van der Waals surface area contributed by atoms with Crippen molar-refractivity contribution in [2.24, 2.45) is 35.8 Å². The van der Waals surface area contributed by atoms with Crippen molar-refractivity contribution in [1.29, 1.82) is 0 Å². The smallest absolute Gasteiger partial charge is 0.254 e. The normalized spacial score (nSPS) is 30.2. The molecule has 1 aromatic carbocycles. The minimum absolute atomic E-state index is 0.131. The lowest BCUT2D eigenvalue weighted by atomic mass is 9.63. The molecule has 2 bridgehead atoms. The second-order valence-corrected chi connectivity index (χ2v) is 7.65. The van der Waals surface area contributed by atoms with E-state index in [-0.39, 0.29) is 35.5 Å². The van der Waals surface area contributed by atoms with E-state index < -0.39 is 0 Å². The molecule has 26 heavy (non-hydrogen) atoms. The minimum atomic E-state index is -0.211. The number of amides is 2. The van der Waals surface area contributed by atoms with Crippen LogP contribution in [0.4, 0.5) is 0 Å². The third kappa shape index (κ3) is 1.94. The monoisotopic (exact) mass is 347 g/mol. The first-order chi connectivity index (χ1) is 12.6. The molecule has 4 aliphatic rings. The summed E-state index contributed by atoms with van der Waals surface area (Å²) < 4.78 is 2.11. The molecule has 1 aliphatic heterocycles. The van der Waals surface area contributed by atoms with Crippen LogP contribution in [0.3, 0.4) is 0 Å². The molecule has 1 saturated heterocycles. The lowest BCUT2D eigenvalue weighted by molar-refractivity contribution is -0.140. The fraction of sp³-hybridized carbons (Fsp3) is 0.381. The Bertz CT molecular complexity index is 968. The zero-order chi connectivity index (χ0) is 18.0. The molecule has 5 nitrogen and oxygen atoms in total. The van der Waals surface area contributed by atoms with Gasteiger partial charge < -0.3 is 4.57 Å². The number of aryl methyl sites for hydroxylation is 1. The molecule has 6 rings (SSSR count). The predicted molar refractivity (Wildman–Crippen MR) is 99.4 cm³/mol. The van der Waals surface area contributed by atoms with E-state index in [0.717, 1.165) is 40.0 Å². The molecular formula is C21H21N3O2. The van der Waals surface area contributed by atoms with Crippen LogP contribution in [-0.2, 0) is 16.6 Å². The molecule has 132 valence electrons. The third-order valence-electron chi connectivity index (χ3n) is 6.49. The summed E-state index contributed by atoms with van der Waals surface area (Å²) in [4.78, 5) is 25.7. The molecular weight excluding hydrogens is 326 g/mol. The minimum Gasteiger partial charge on any atom is -0.347 e. The fourth-order valence-electron chi connectivity index (χ4n) is 5.00. The van der Waals surface area contributed by atoms with Gasteiger partial charge in [0.1, 0.15) is 0 Å². The van der Waals surface area contributed by atoms with Crippen LogP contribution in [-0.4, -0.2) is 27.6 Å². The van der Waals surface area contributed by atoms with Crippen molar-refractivity contribution in [3.63, 3.8) is 0 Å². The van der Waals surface area contributed by atoms with Gasteiger partial charge in [0.05, 0.1) is 18.1 Å². The SMILES string of the molecule is Cc1c(/C=N\N2C(=O)[C@@H]3[C@@H](C2=O)[C@H]2C=C[C@H]3CC2)c2ccccc2n1C. The van der Waals surface area contributed by atoms with Gasteiger partial charge in [0.25, 0.3) is 11.8 Å². The van der Waals surface area contributed by atoms with E-state index in [4.69, 9.17) is 0 Å². The van der Waals surface area contributed by atoms with Crippen LogP contribution in [0.15, 0.2) is 41.5 Å². The van der Waals surface area contributed by atoms with Crippen molar-refractivity contribution in [3.8, 4) is 0 Å². The van der Waals surface area contributed by atoms with Gasteiger partial charge in [0, 0.05) is 29.2 Å². The molecule has 2 heterocycles. The highest BCUT2D eigenvalue weighted by Crippen LogP contribution is 2.49.